The molecule has 0 spiro atoms. The van der Waals surface area contributed by atoms with Gasteiger partial charge >= 0.3 is 0 Å². The first-order chi connectivity index (χ1) is 6.84. The summed E-state index contributed by atoms with van der Waals surface area (Å²) in [5, 5.41) is 0. The van der Waals surface area contributed by atoms with Crippen LogP contribution in [0.15, 0.2) is 0 Å². The van der Waals surface area contributed by atoms with Gasteiger partial charge in [-0.1, -0.05) is 49.1 Å². The summed E-state index contributed by atoms with van der Waals surface area (Å²) in [6, 6.07) is 0. The average molecular weight is 230 g/mol. The maximum Gasteiger partial charge on any atom is -0.0197 e. The number of rotatable bonds is 3. The third-order valence-corrected chi connectivity index (χ3v) is 8.83. The van der Waals surface area contributed by atoms with E-state index in [1.165, 1.54) is 42.2 Å². The van der Waals surface area contributed by atoms with Crippen LogP contribution in [0.5, 0.6) is 0 Å². The standard InChI is InChI=1S/C12H24P2/c1-10-7-8-12(9-10)14-13-11-5-3-2-4-6-11/h10-14H,2-9H2,1H3. The predicted octanol–water partition coefficient (Wildman–Crippen LogP) is 4.78. The van der Waals surface area contributed by atoms with Crippen LogP contribution < -0.4 is 0 Å². The van der Waals surface area contributed by atoms with E-state index in [0.29, 0.717) is 0 Å². The molecule has 2 heteroatoms. The van der Waals surface area contributed by atoms with E-state index in [9.17, 15) is 0 Å². The Morgan fingerprint density at radius 1 is 0.786 bits per heavy atom. The summed E-state index contributed by atoms with van der Waals surface area (Å²) in [6.07, 6.45) is 12.3. The third-order valence-electron chi connectivity index (χ3n) is 3.79. The molecule has 0 aromatic carbocycles. The summed E-state index contributed by atoms with van der Waals surface area (Å²) in [5.41, 5.74) is 2.29. The molecule has 0 aromatic rings. The van der Waals surface area contributed by atoms with E-state index >= 15 is 0 Å². The smallest absolute Gasteiger partial charge is 0.0197 e. The van der Waals surface area contributed by atoms with Crippen LogP contribution in [0, 0.1) is 5.92 Å². The lowest BCUT2D eigenvalue weighted by molar-refractivity contribution is 0.515. The fourth-order valence-electron chi connectivity index (χ4n) is 2.82. The highest BCUT2D eigenvalue weighted by molar-refractivity contribution is 8.12. The van der Waals surface area contributed by atoms with Crippen LogP contribution >= 0.6 is 16.5 Å². The molecule has 0 radical (unpaired) electrons. The van der Waals surface area contributed by atoms with Crippen molar-refractivity contribution >= 4 is 16.5 Å². The fourth-order valence-corrected chi connectivity index (χ4v) is 7.89. The molecule has 0 aliphatic heterocycles. The van der Waals surface area contributed by atoms with Gasteiger partial charge in [0.25, 0.3) is 0 Å². The van der Waals surface area contributed by atoms with Gasteiger partial charge in [0.15, 0.2) is 0 Å². The molecular weight excluding hydrogens is 206 g/mol. The van der Waals surface area contributed by atoms with Gasteiger partial charge in [0, 0.05) is 0 Å². The summed E-state index contributed by atoms with van der Waals surface area (Å²) >= 11 is 0. The number of hydrogen-bond acceptors (Lipinski definition) is 0. The van der Waals surface area contributed by atoms with E-state index in [0.717, 1.165) is 17.2 Å². The highest BCUT2D eigenvalue weighted by Crippen LogP contribution is 2.53. The van der Waals surface area contributed by atoms with Crippen LogP contribution in [-0.4, -0.2) is 11.3 Å². The second kappa shape index (κ2) is 5.81. The van der Waals surface area contributed by atoms with E-state index in [4.69, 9.17) is 0 Å². The molecule has 0 saturated heterocycles. The van der Waals surface area contributed by atoms with Crippen molar-refractivity contribution in [3.8, 4) is 0 Å². The molecule has 14 heavy (non-hydrogen) atoms. The molecule has 2 aliphatic rings. The van der Waals surface area contributed by atoms with Gasteiger partial charge in [-0.15, -0.1) is 0 Å². The maximum absolute atomic E-state index is 2.44. The monoisotopic (exact) mass is 230 g/mol. The molecule has 2 saturated carbocycles. The number of hydrogen-bond donors (Lipinski definition) is 0. The Balaban J connectivity index is 1.61. The van der Waals surface area contributed by atoms with Crippen LogP contribution in [0.2, 0.25) is 0 Å². The van der Waals surface area contributed by atoms with E-state index in [-0.39, 0.29) is 0 Å². The van der Waals surface area contributed by atoms with Gasteiger partial charge in [-0.05, 0) is 42.9 Å². The molecule has 0 N–H and O–H groups in total. The molecule has 2 aliphatic carbocycles. The second-order valence-electron chi connectivity index (χ2n) is 5.24. The minimum Gasteiger partial charge on any atom is -0.0958 e. The SMILES string of the molecule is CC1CCC(PPC2CCCCC2)C1. The predicted molar refractivity (Wildman–Crippen MR) is 70.3 cm³/mol. The molecule has 0 amide bonds. The minimum atomic E-state index is 1.05. The van der Waals surface area contributed by atoms with Crippen molar-refractivity contribution in [2.24, 2.45) is 5.92 Å². The van der Waals surface area contributed by atoms with Crippen LogP contribution in [0.1, 0.15) is 58.3 Å². The largest absolute Gasteiger partial charge is 0.0958 e. The van der Waals surface area contributed by atoms with Gasteiger partial charge in [0.2, 0.25) is 0 Å². The third kappa shape index (κ3) is 3.46. The molecular formula is C12H24P2. The van der Waals surface area contributed by atoms with Gasteiger partial charge in [-0.2, -0.15) is 0 Å². The van der Waals surface area contributed by atoms with E-state index < -0.39 is 0 Å². The molecule has 2 fully saturated rings. The van der Waals surface area contributed by atoms with Crippen molar-refractivity contribution in [1.29, 1.82) is 0 Å². The fraction of sp³-hybridized carbons (Fsp3) is 1.00. The molecule has 0 bridgehead atoms. The Kier molecular flexibility index (Phi) is 4.71. The molecule has 2 rings (SSSR count). The Bertz CT molecular complexity index is 159. The van der Waals surface area contributed by atoms with Crippen molar-refractivity contribution in [3.05, 3.63) is 0 Å². The van der Waals surface area contributed by atoms with Crippen LogP contribution in [0.3, 0.4) is 0 Å². The Labute approximate surface area is 92.5 Å². The van der Waals surface area contributed by atoms with Crippen LogP contribution in [0.4, 0.5) is 0 Å². The first-order valence-electron chi connectivity index (χ1n) is 6.35. The highest BCUT2D eigenvalue weighted by Gasteiger charge is 2.22. The van der Waals surface area contributed by atoms with Gasteiger partial charge in [-0.25, -0.2) is 0 Å². The second-order valence-corrected chi connectivity index (χ2v) is 9.18. The lowest BCUT2D eigenvalue weighted by Crippen LogP contribution is -2.05. The minimum absolute atomic E-state index is 1.05. The normalized spacial score (nSPS) is 36.6. The van der Waals surface area contributed by atoms with Crippen LogP contribution in [-0.2, 0) is 0 Å². The first-order valence-corrected chi connectivity index (χ1v) is 9.51. The van der Waals surface area contributed by atoms with Crippen molar-refractivity contribution in [2.45, 2.75) is 69.6 Å². The Morgan fingerprint density at radius 2 is 1.50 bits per heavy atom. The molecule has 0 nitrogen and oxygen atoms in total. The summed E-state index contributed by atoms with van der Waals surface area (Å²) in [6.45, 7) is 2.44. The molecule has 0 heterocycles. The van der Waals surface area contributed by atoms with Crippen molar-refractivity contribution < 1.29 is 0 Å². The van der Waals surface area contributed by atoms with Crippen molar-refractivity contribution in [3.63, 3.8) is 0 Å². The summed E-state index contributed by atoms with van der Waals surface area (Å²) in [4.78, 5) is 0. The lowest BCUT2D eigenvalue weighted by atomic mass is 10.0. The summed E-state index contributed by atoms with van der Waals surface area (Å²) in [5.74, 6) is 1.05. The van der Waals surface area contributed by atoms with Gasteiger partial charge in [-0.3, -0.25) is 0 Å². The summed E-state index contributed by atoms with van der Waals surface area (Å²) in [7, 11) is 2.66. The molecule has 4 atom stereocenters. The highest BCUT2D eigenvalue weighted by atomic mass is 32.0. The zero-order valence-corrected chi connectivity index (χ0v) is 11.4. The molecule has 4 unspecified atom stereocenters. The van der Waals surface area contributed by atoms with Gasteiger partial charge in [0.1, 0.15) is 0 Å². The first kappa shape index (κ1) is 11.3. The molecule has 82 valence electrons. The van der Waals surface area contributed by atoms with Crippen molar-refractivity contribution in [1.82, 2.24) is 0 Å². The van der Waals surface area contributed by atoms with Crippen LogP contribution in [0.25, 0.3) is 0 Å². The zero-order chi connectivity index (χ0) is 9.80. The summed E-state index contributed by atoms with van der Waals surface area (Å²) < 4.78 is 0. The van der Waals surface area contributed by atoms with Crippen molar-refractivity contribution in [2.75, 3.05) is 0 Å². The lowest BCUT2D eigenvalue weighted by Gasteiger charge is -2.22. The topological polar surface area (TPSA) is 0 Å². The van der Waals surface area contributed by atoms with Gasteiger partial charge < -0.3 is 0 Å². The molecule has 0 aromatic heterocycles. The maximum atomic E-state index is 2.44. The average Bonchev–Trinajstić information content (AvgIpc) is 2.63. The Morgan fingerprint density at radius 3 is 2.14 bits per heavy atom. The van der Waals surface area contributed by atoms with Gasteiger partial charge in [0.05, 0.1) is 0 Å². The quantitative estimate of drug-likeness (QED) is 0.612. The van der Waals surface area contributed by atoms with E-state index in [1.54, 1.807) is 25.7 Å². The van der Waals surface area contributed by atoms with E-state index in [2.05, 4.69) is 6.92 Å². The Hall–Kier alpha value is 0.860. The van der Waals surface area contributed by atoms with E-state index in [1.807, 2.05) is 0 Å². The zero-order valence-electron chi connectivity index (χ0n) is 9.39.